The predicted octanol–water partition coefficient (Wildman–Crippen LogP) is 4.92. The first kappa shape index (κ1) is 26.2. The maximum Gasteiger partial charge on any atom is 0.417 e. The van der Waals surface area contributed by atoms with Gasteiger partial charge in [0.25, 0.3) is 5.91 Å². The van der Waals surface area contributed by atoms with E-state index in [9.17, 15) is 18.0 Å². The molecule has 7 nitrogen and oxygen atoms in total. The first-order valence-corrected chi connectivity index (χ1v) is 12.7. The molecule has 38 heavy (non-hydrogen) atoms. The van der Waals surface area contributed by atoms with Gasteiger partial charge in [0, 0.05) is 49.8 Å². The fourth-order valence-corrected chi connectivity index (χ4v) is 5.02. The fourth-order valence-electron chi connectivity index (χ4n) is 5.02. The Morgan fingerprint density at radius 1 is 1.13 bits per heavy atom. The van der Waals surface area contributed by atoms with Crippen molar-refractivity contribution in [2.75, 3.05) is 51.5 Å². The van der Waals surface area contributed by atoms with Crippen LogP contribution in [0.3, 0.4) is 0 Å². The van der Waals surface area contributed by atoms with Crippen LogP contribution in [0.25, 0.3) is 10.9 Å². The van der Waals surface area contributed by atoms with E-state index in [4.69, 9.17) is 19.2 Å². The first-order valence-electron chi connectivity index (χ1n) is 12.7. The van der Waals surface area contributed by atoms with Crippen molar-refractivity contribution in [2.24, 2.45) is 0 Å². The van der Waals surface area contributed by atoms with Gasteiger partial charge in [-0.05, 0) is 43.2 Å². The summed E-state index contributed by atoms with van der Waals surface area (Å²) in [5, 5.41) is 0.845. The van der Waals surface area contributed by atoms with Crippen LogP contribution in [0.1, 0.15) is 34.3 Å². The average Bonchev–Trinajstić information content (AvgIpc) is 3.45. The van der Waals surface area contributed by atoms with Crippen LogP contribution in [0.2, 0.25) is 0 Å². The first-order chi connectivity index (χ1) is 18.3. The van der Waals surface area contributed by atoms with Gasteiger partial charge in [-0.1, -0.05) is 12.1 Å². The SMILES string of the molecule is COc1ccc2cc(CN(C[C@H]3CCCO3)C(=O)c3ccccc3C(F)(F)F)c(N3CCOCC3)nc2c1. The number of alkyl halides is 3. The third-order valence-electron chi connectivity index (χ3n) is 6.95. The van der Waals surface area contributed by atoms with Crippen LogP contribution < -0.4 is 9.64 Å². The van der Waals surface area contributed by atoms with Crippen molar-refractivity contribution >= 4 is 22.6 Å². The van der Waals surface area contributed by atoms with Gasteiger partial charge in [0.05, 0.1) is 43.1 Å². The molecular weight excluding hydrogens is 499 g/mol. The topological polar surface area (TPSA) is 64.1 Å². The summed E-state index contributed by atoms with van der Waals surface area (Å²) in [5.41, 5.74) is 0.165. The minimum atomic E-state index is -4.65. The van der Waals surface area contributed by atoms with Gasteiger partial charge < -0.3 is 24.0 Å². The molecule has 1 aromatic heterocycles. The van der Waals surface area contributed by atoms with Crippen LogP contribution in [-0.4, -0.2) is 68.5 Å². The number of pyridine rings is 1. The minimum Gasteiger partial charge on any atom is -0.497 e. The summed E-state index contributed by atoms with van der Waals surface area (Å²) in [6.07, 6.45) is -3.28. The Hall–Kier alpha value is -3.37. The normalized spacial score (nSPS) is 18.1. The van der Waals surface area contributed by atoms with E-state index in [-0.39, 0.29) is 24.8 Å². The van der Waals surface area contributed by atoms with E-state index >= 15 is 0 Å². The van der Waals surface area contributed by atoms with Crippen LogP contribution in [0.15, 0.2) is 48.5 Å². The Balaban J connectivity index is 1.56. The van der Waals surface area contributed by atoms with E-state index in [0.717, 1.165) is 35.4 Å². The third kappa shape index (κ3) is 5.71. The molecule has 2 saturated heterocycles. The van der Waals surface area contributed by atoms with E-state index in [2.05, 4.69) is 4.90 Å². The number of nitrogens with zero attached hydrogens (tertiary/aromatic N) is 3. The number of rotatable bonds is 7. The summed E-state index contributed by atoms with van der Waals surface area (Å²) in [4.78, 5) is 22.2. The van der Waals surface area contributed by atoms with Crippen molar-refractivity contribution < 1.29 is 32.2 Å². The number of hydrogen-bond donors (Lipinski definition) is 0. The lowest BCUT2D eigenvalue weighted by Crippen LogP contribution is -2.40. The van der Waals surface area contributed by atoms with Gasteiger partial charge in [0.1, 0.15) is 11.6 Å². The number of anilines is 1. The summed E-state index contributed by atoms with van der Waals surface area (Å²) in [5.74, 6) is 0.670. The van der Waals surface area contributed by atoms with Gasteiger partial charge in [0.2, 0.25) is 0 Å². The van der Waals surface area contributed by atoms with Gasteiger partial charge in [0.15, 0.2) is 0 Å². The zero-order chi connectivity index (χ0) is 26.7. The molecule has 202 valence electrons. The van der Waals surface area contributed by atoms with Crippen molar-refractivity contribution in [3.05, 3.63) is 65.2 Å². The van der Waals surface area contributed by atoms with Crippen LogP contribution in [0.5, 0.6) is 5.75 Å². The third-order valence-corrected chi connectivity index (χ3v) is 6.95. The van der Waals surface area contributed by atoms with E-state index in [0.29, 0.717) is 44.5 Å². The quantitative estimate of drug-likeness (QED) is 0.433. The summed E-state index contributed by atoms with van der Waals surface area (Å²) in [6.45, 7) is 3.16. The van der Waals surface area contributed by atoms with Crippen molar-refractivity contribution in [1.82, 2.24) is 9.88 Å². The lowest BCUT2D eigenvalue weighted by atomic mass is 10.0. The molecule has 0 bridgehead atoms. The fraction of sp³-hybridized carbons (Fsp3) is 0.429. The Labute approximate surface area is 219 Å². The molecule has 0 saturated carbocycles. The highest BCUT2D eigenvalue weighted by Crippen LogP contribution is 2.34. The smallest absolute Gasteiger partial charge is 0.417 e. The molecular formula is C28H30F3N3O4. The molecule has 0 unspecified atom stereocenters. The number of benzene rings is 2. The number of morpholine rings is 1. The van der Waals surface area contributed by atoms with Crippen molar-refractivity contribution in [2.45, 2.75) is 31.7 Å². The lowest BCUT2D eigenvalue weighted by molar-refractivity contribution is -0.138. The van der Waals surface area contributed by atoms with Crippen LogP contribution >= 0.6 is 0 Å². The second kappa shape index (κ2) is 11.2. The maximum absolute atomic E-state index is 13.8. The monoisotopic (exact) mass is 529 g/mol. The molecule has 2 aromatic carbocycles. The highest BCUT2D eigenvalue weighted by atomic mass is 19.4. The standard InChI is InChI=1S/C28H30F3N3O4/c1-36-21-9-8-19-15-20(26(32-25(19)16-21)33-10-13-37-14-11-33)17-34(18-22-5-4-12-38-22)27(35)23-6-2-3-7-24(23)28(29,30)31/h2-3,6-9,15-16,22H,4-5,10-14,17-18H2,1H3/t22-/m1/s1. The maximum atomic E-state index is 13.8. The van der Waals surface area contributed by atoms with Crippen molar-refractivity contribution in [1.29, 1.82) is 0 Å². The summed E-state index contributed by atoms with van der Waals surface area (Å²) in [7, 11) is 1.59. The van der Waals surface area contributed by atoms with Gasteiger partial charge in [-0.2, -0.15) is 13.2 Å². The zero-order valence-electron chi connectivity index (χ0n) is 21.2. The summed E-state index contributed by atoms with van der Waals surface area (Å²) < 4.78 is 58.1. The summed E-state index contributed by atoms with van der Waals surface area (Å²) in [6, 6.07) is 12.5. The van der Waals surface area contributed by atoms with Gasteiger partial charge in [-0.25, -0.2) is 4.98 Å². The minimum absolute atomic E-state index is 0.0898. The molecule has 1 atom stereocenters. The molecule has 2 aliphatic heterocycles. The van der Waals surface area contributed by atoms with Crippen molar-refractivity contribution in [3.8, 4) is 5.75 Å². The van der Waals surface area contributed by atoms with E-state index in [1.54, 1.807) is 7.11 Å². The Morgan fingerprint density at radius 2 is 1.92 bits per heavy atom. The summed E-state index contributed by atoms with van der Waals surface area (Å²) >= 11 is 0. The number of hydrogen-bond acceptors (Lipinski definition) is 6. The van der Waals surface area contributed by atoms with Crippen LogP contribution in [-0.2, 0) is 22.2 Å². The van der Waals surface area contributed by atoms with E-state index in [1.165, 1.54) is 23.1 Å². The number of amides is 1. The van der Waals surface area contributed by atoms with Gasteiger partial charge in [-0.15, -0.1) is 0 Å². The molecule has 0 aliphatic carbocycles. The number of methoxy groups -OCH3 is 1. The Bertz CT molecular complexity index is 1290. The second-order valence-electron chi connectivity index (χ2n) is 9.49. The molecule has 2 aliphatic rings. The molecule has 3 heterocycles. The number of ether oxygens (including phenoxy) is 3. The van der Waals surface area contributed by atoms with E-state index < -0.39 is 17.6 Å². The highest BCUT2D eigenvalue weighted by Gasteiger charge is 2.37. The van der Waals surface area contributed by atoms with Crippen LogP contribution in [0, 0.1) is 0 Å². The molecule has 3 aromatic rings. The van der Waals surface area contributed by atoms with E-state index in [1.807, 2.05) is 24.3 Å². The zero-order valence-corrected chi connectivity index (χ0v) is 21.2. The lowest BCUT2D eigenvalue weighted by Gasteiger charge is -2.32. The van der Waals surface area contributed by atoms with Crippen molar-refractivity contribution in [3.63, 3.8) is 0 Å². The van der Waals surface area contributed by atoms with Gasteiger partial charge in [-0.3, -0.25) is 4.79 Å². The number of halogens is 3. The number of carbonyl (C=O) groups is 1. The van der Waals surface area contributed by atoms with Gasteiger partial charge >= 0.3 is 6.18 Å². The number of carbonyl (C=O) groups excluding carboxylic acids is 1. The predicted molar refractivity (Wildman–Crippen MR) is 136 cm³/mol. The Morgan fingerprint density at radius 3 is 2.63 bits per heavy atom. The van der Waals surface area contributed by atoms with Crippen LogP contribution in [0.4, 0.5) is 19.0 Å². The molecule has 10 heteroatoms. The number of aromatic nitrogens is 1. The number of fused-ring (bicyclic) bond motifs is 1. The largest absolute Gasteiger partial charge is 0.497 e. The average molecular weight is 530 g/mol. The molecule has 0 N–H and O–H groups in total. The molecule has 2 fully saturated rings. The molecule has 5 rings (SSSR count). The second-order valence-corrected chi connectivity index (χ2v) is 9.49. The highest BCUT2D eigenvalue weighted by molar-refractivity contribution is 5.96. The molecule has 0 radical (unpaired) electrons. The Kier molecular flexibility index (Phi) is 7.71. The molecule has 0 spiro atoms. The molecule has 1 amide bonds.